The lowest BCUT2D eigenvalue weighted by Crippen LogP contribution is -2.54. The number of hydrogen-bond donors (Lipinski definition) is 1. The van der Waals surface area contributed by atoms with Gasteiger partial charge in [-0.25, -0.2) is 4.79 Å². The Morgan fingerprint density at radius 3 is 2.24 bits per heavy atom. The first-order chi connectivity index (χ1) is 14.0. The lowest BCUT2D eigenvalue weighted by atomic mass is 9.53. The van der Waals surface area contributed by atoms with E-state index in [2.05, 4.69) is 0 Å². The maximum Gasteiger partial charge on any atom is 0.410 e. The summed E-state index contributed by atoms with van der Waals surface area (Å²) in [5.41, 5.74) is 0.480. The number of carboxylic acids is 1. The summed E-state index contributed by atoms with van der Waals surface area (Å²) in [6.07, 6.45) is 6.22. The number of hydrogen-bond acceptors (Lipinski definition) is 4. The van der Waals surface area contributed by atoms with Gasteiger partial charge >= 0.3 is 12.1 Å². The Balaban J connectivity index is 1.45. The van der Waals surface area contributed by atoms with Crippen LogP contribution in [0.4, 0.5) is 4.79 Å². The molecule has 6 heteroatoms. The maximum atomic E-state index is 13.1. The van der Waals surface area contributed by atoms with Gasteiger partial charge in [-0.3, -0.25) is 4.79 Å². The number of carboxylic acid groups (broad SMARTS) is 1. The number of aliphatic carboxylic acids is 1. The van der Waals surface area contributed by atoms with Crippen molar-refractivity contribution in [1.29, 1.82) is 0 Å². The van der Waals surface area contributed by atoms with Crippen molar-refractivity contribution in [3.05, 3.63) is 35.9 Å². The third kappa shape index (κ3) is 4.27. The van der Waals surface area contributed by atoms with Gasteiger partial charge in [0.1, 0.15) is 6.61 Å². The molecule has 0 atom stereocenters. The predicted octanol–water partition coefficient (Wildman–Crippen LogP) is 4.23. The van der Waals surface area contributed by atoms with Crippen molar-refractivity contribution in [2.75, 3.05) is 19.8 Å². The molecule has 1 saturated heterocycles. The standard InChI is InChI=1S/C23H31NO5/c25-20(26)23-11-8-22(9-12-23,10-13-23)17-24(19-6-14-28-15-7-19)21(27)29-16-18-4-2-1-3-5-18/h1-5,19H,6-17H2,(H,25,26). The Bertz CT molecular complexity index is 704. The molecule has 158 valence electrons. The van der Waals surface area contributed by atoms with E-state index in [9.17, 15) is 14.7 Å². The lowest BCUT2D eigenvalue weighted by Gasteiger charge is -2.53. The Hall–Kier alpha value is -2.08. The number of benzene rings is 1. The van der Waals surface area contributed by atoms with E-state index in [0.29, 0.717) is 19.8 Å². The molecular weight excluding hydrogens is 370 g/mol. The minimum absolute atomic E-state index is 0.0290. The van der Waals surface area contributed by atoms with Crippen molar-refractivity contribution in [3.63, 3.8) is 0 Å². The molecule has 3 aliphatic carbocycles. The molecule has 0 spiro atoms. The average Bonchev–Trinajstić information content (AvgIpc) is 2.78. The van der Waals surface area contributed by atoms with Gasteiger partial charge < -0.3 is 19.5 Å². The SMILES string of the molecule is O=C(OCc1ccccc1)N(CC12CCC(C(=O)O)(CC1)CC2)C1CCOCC1. The van der Waals surface area contributed by atoms with E-state index in [1.165, 1.54) is 0 Å². The van der Waals surface area contributed by atoms with Crippen LogP contribution in [0.25, 0.3) is 0 Å². The molecule has 6 nitrogen and oxygen atoms in total. The largest absolute Gasteiger partial charge is 0.481 e. The summed E-state index contributed by atoms with van der Waals surface area (Å²) in [7, 11) is 0. The Labute approximate surface area is 172 Å². The monoisotopic (exact) mass is 401 g/mol. The Morgan fingerprint density at radius 2 is 1.66 bits per heavy atom. The van der Waals surface area contributed by atoms with Gasteiger partial charge in [0.25, 0.3) is 0 Å². The van der Waals surface area contributed by atoms with Crippen molar-refractivity contribution in [1.82, 2.24) is 4.90 Å². The van der Waals surface area contributed by atoms with Gasteiger partial charge in [0.05, 0.1) is 5.41 Å². The number of nitrogens with zero attached hydrogens (tertiary/aromatic N) is 1. The van der Waals surface area contributed by atoms with Crippen molar-refractivity contribution in [2.24, 2.45) is 10.8 Å². The van der Waals surface area contributed by atoms with Crippen molar-refractivity contribution >= 4 is 12.1 Å². The molecule has 0 aromatic heterocycles. The second kappa shape index (κ2) is 8.34. The van der Waals surface area contributed by atoms with E-state index in [4.69, 9.17) is 9.47 Å². The van der Waals surface area contributed by atoms with Crippen LogP contribution >= 0.6 is 0 Å². The molecule has 4 aliphatic rings. The van der Waals surface area contributed by atoms with Gasteiger partial charge in [-0.1, -0.05) is 30.3 Å². The fourth-order valence-corrected chi connectivity index (χ4v) is 5.32. The quantitative estimate of drug-likeness (QED) is 0.772. The van der Waals surface area contributed by atoms with E-state index >= 15 is 0 Å². The second-order valence-electron chi connectivity index (χ2n) is 9.10. The first kappa shape index (κ1) is 20.2. The summed E-state index contributed by atoms with van der Waals surface area (Å²) in [4.78, 5) is 26.8. The van der Waals surface area contributed by atoms with Gasteiger partial charge in [-0.15, -0.1) is 0 Å². The van der Waals surface area contributed by atoms with Crippen molar-refractivity contribution < 1.29 is 24.2 Å². The van der Waals surface area contributed by atoms with E-state index in [1.54, 1.807) is 0 Å². The highest BCUT2D eigenvalue weighted by atomic mass is 16.6. The molecule has 1 N–H and O–H groups in total. The van der Waals surface area contributed by atoms with Crippen LogP contribution in [0.2, 0.25) is 0 Å². The smallest absolute Gasteiger partial charge is 0.410 e. The highest BCUT2D eigenvalue weighted by molar-refractivity contribution is 5.75. The van der Waals surface area contributed by atoms with Gasteiger partial charge in [0, 0.05) is 25.8 Å². The average molecular weight is 402 g/mol. The highest BCUT2D eigenvalue weighted by Crippen LogP contribution is 2.57. The summed E-state index contributed by atoms with van der Waals surface area (Å²) in [6.45, 7) is 2.28. The normalized spacial score (nSPS) is 29.4. The van der Waals surface area contributed by atoms with Crippen LogP contribution in [-0.2, 0) is 20.9 Å². The zero-order chi connectivity index (χ0) is 20.3. The zero-order valence-corrected chi connectivity index (χ0v) is 17.0. The summed E-state index contributed by atoms with van der Waals surface area (Å²) in [6, 6.07) is 9.88. The molecular formula is C23H31NO5. The molecule has 0 unspecified atom stereocenters. The second-order valence-corrected chi connectivity index (χ2v) is 9.10. The first-order valence-electron chi connectivity index (χ1n) is 10.8. The van der Waals surface area contributed by atoms with Gasteiger partial charge in [-0.05, 0) is 62.3 Å². The van der Waals surface area contributed by atoms with E-state index in [1.807, 2.05) is 35.2 Å². The summed E-state index contributed by atoms with van der Waals surface area (Å²) < 4.78 is 11.2. The minimum atomic E-state index is -0.644. The number of carbonyl (C=O) groups is 2. The van der Waals surface area contributed by atoms with Crippen LogP contribution in [0.5, 0.6) is 0 Å². The molecule has 2 bridgehead atoms. The molecule has 1 heterocycles. The summed E-state index contributed by atoms with van der Waals surface area (Å²) >= 11 is 0. The highest BCUT2D eigenvalue weighted by Gasteiger charge is 2.53. The molecule has 1 aromatic carbocycles. The molecule has 0 radical (unpaired) electrons. The van der Waals surface area contributed by atoms with Crippen LogP contribution in [-0.4, -0.2) is 47.9 Å². The third-order valence-electron chi connectivity index (χ3n) is 7.43. The van der Waals surface area contributed by atoms with Crippen LogP contribution in [0.1, 0.15) is 56.9 Å². The zero-order valence-electron chi connectivity index (χ0n) is 17.0. The molecule has 4 fully saturated rings. The summed E-state index contributed by atoms with van der Waals surface area (Å²) in [5.74, 6) is -0.644. The molecule has 5 rings (SSSR count). The number of ether oxygens (including phenoxy) is 2. The lowest BCUT2D eigenvalue weighted by molar-refractivity contribution is -0.159. The summed E-state index contributed by atoms with van der Waals surface area (Å²) in [5, 5.41) is 9.65. The molecule has 3 saturated carbocycles. The third-order valence-corrected chi connectivity index (χ3v) is 7.43. The molecule has 29 heavy (non-hydrogen) atoms. The topological polar surface area (TPSA) is 76.1 Å². The van der Waals surface area contributed by atoms with Crippen LogP contribution in [0, 0.1) is 10.8 Å². The molecule has 1 aromatic rings. The van der Waals surface area contributed by atoms with Crippen molar-refractivity contribution in [2.45, 2.75) is 64.0 Å². The fourth-order valence-electron chi connectivity index (χ4n) is 5.32. The van der Waals surface area contributed by atoms with E-state index in [0.717, 1.165) is 56.9 Å². The molecule has 1 aliphatic heterocycles. The number of fused-ring (bicyclic) bond motifs is 3. The van der Waals surface area contributed by atoms with Crippen LogP contribution in [0.15, 0.2) is 30.3 Å². The van der Waals surface area contributed by atoms with Crippen LogP contribution < -0.4 is 0 Å². The van der Waals surface area contributed by atoms with Gasteiger partial charge in [-0.2, -0.15) is 0 Å². The fraction of sp³-hybridized carbons (Fsp3) is 0.652. The maximum absolute atomic E-state index is 13.1. The Kier molecular flexibility index (Phi) is 5.81. The minimum Gasteiger partial charge on any atom is -0.481 e. The number of carbonyl (C=O) groups excluding carboxylic acids is 1. The van der Waals surface area contributed by atoms with E-state index < -0.39 is 11.4 Å². The van der Waals surface area contributed by atoms with Crippen LogP contribution in [0.3, 0.4) is 0 Å². The van der Waals surface area contributed by atoms with E-state index in [-0.39, 0.29) is 24.2 Å². The molecule has 1 amide bonds. The predicted molar refractivity (Wildman–Crippen MR) is 107 cm³/mol. The Morgan fingerprint density at radius 1 is 1.03 bits per heavy atom. The van der Waals surface area contributed by atoms with Gasteiger partial charge in [0.2, 0.25) is 0 Å². The first-order valence-corrected chi connectivity index (χ1v) is 10.8. The van der Waals surface area contributed by atoms with Gasteiger partial charge in [0.15, 0.2) is 0 Å². The number of rotatable bonds is 6. The number of amides is 1. The van der Waals surface area contributed by atoms with Crippen molar-refractivity contribution in [3.8, 4) is 0 Å².